The van der Waals surface area contributed by atoms with Gasteiger partial charge in [0.2, 0.25) is 0 Å². The second-order valence-corrected chi connectivity index (χ2v) is 4.52. The van der Waals surface area contributed by atoms with Crippen LogP contribution in [0, 0.1) is 12.8 Å². The van der Waals surface area contributed by atoms with E-state index in [0.717, 1.165) is 18.7 Å². The van der Waals surface area contributed by atoms with Gasteiger partial charge in [0.1, 0.15) is 4.88 Å². The Labute approximate surface area is 87.1 Å². The molecule has 1 aromatic heterocycles. The molecular formula is C10H13NO2S. The number of ether oxygens (including phenoxy) is 1. The summed E-state index contributed by atoms with van der Waals surface area (Å²) in [6.07, 6.45) is 0. The molecule has 0 atom stereocenters. The van der Waals surface area contributed by atoms with E-state index in [2.05, 4.69) is 5.32 Å². The normalized spacial score (nSPS) is 16.4. The number of rotatable bonds is 3. The van der Waals surface area contributed by atoms with Crippen molar-refractivity contribution >= 4 is 17.3 Å². The molecule has 1 aliphatic heterocycles. The van der Waals surface area contributed by atoms with Gasteiger partial charge in [0.15, 0.2) is 0 Å². The van der Waals surface area contributed by atoms with Gasteiger partial charge in [-0.05, 0) is 23.9 Å². The Morgan fingerprint density at radius 2 is 2.50 bits per heavy atom. The average Bonchev–Trinajstić information content (AvgIpc) is 2.49. The van der Waals surface area contributed by atoms with Crippen molar-refractivity contribution in [3.8, 4) is 0 Å². The molecule has 4 heteroatoms. The standard InChI is InChI=1S/C10H13NO2S/c1-7-2-9(14-6-7)10(12)13-5-8-3-11-4-8/h2,6,8,11H,3-5H2,1H3. The van der Waals surface area contributed by atoms with E-state index in [1.165, 1.54) is 11.3 Å². The molecule has 1 N–H and O–H groups in total. The highest BCUT2D eigenvalue weighted by Crippen LogP contribution is 2.15. The fraction of sp³-hybridized carbons (Fsp3) is 0.500. The van der Waals surface area contributed by atoms with Crippen molar-refractivity contribution in [3.63, 3.8) is 0 Å². The number of esters is 1. The van der Waals surface area contributed by atoms with Gasteiger partial charge < -0.3 is 10.1 Å². The molecule has 0 saturated carbocycles. The van der Waals surface area contributed by atoms with E-state index in [9.17, 15) is 4.79 Å². The van der Waals surface area contributed by atoms with Crippen LogP contribution in [-0.2, 0) is 4.74 Å². The third kappa shape index (κ3) is 2.13. The highest BCUT2D eigenvalue weighted by Gasteiger charge is 2.19. The first-order valence-electron chi connectivity index (χ1n) is 4.68. The van der Waals surface area contributed by atoms with Crippen LogP contribution in [0.1, 0.15) is 15.2 Å². The van der Waals surface area contributed by atoms with Crippen LogP contribution in [0.3, 0.4) is 0 Å². The van der Waals surface area contributed by atoms with Crippen molar-refractivity contribution in [1.82, 2.24) is 5.32 Å². The first-order chi connectivity index (χ1) is 6.75. The van der Waals surface area contributed by atoms with Crippen molar-refractivity contribution < 1.29 is 9.53 Å². The van der Waals surface area contributed by atoms with Crippen molar-refractivity contribution in [1.29, 1.82) is 0 Å². The Bertz CT molecular complexity index is 331. The van der Waals surface area contributed by atoms with Crippen molar-refractivity contribution in [2.24, 2.45) is 5.92 Å². The lowest BCUT2D eigenvalue weighted by molar-refractivity contribution is 0.0403. The Balaban J connectivity index is 1.82. The zero-order valence-corrected chi connectivity index (χ0v) is 8.89. The van der Waals surface area contributed by atoms with Gasteiger partial charge in [-0.1, -0.05) is 0 Å². The van der Waals surface area contributed by atoms with Crippen LogP contribution in [0.5, 0.6) is 0 Å². The number of carbonyl (C=O) groups is 1. The number of carbonyl (C=O) groups excluding carboxylic acids is 1. The quantitative estimate of drug-likeness (QED) is 0.769. The predicted molar refractivity (Wildman–Crippen MR) is 55.7 cm³/mol. The summed E-state index contributed by atoms with van der Waals surface area (Å²) in [4.78, 5) is 12.2. The third-order valence-corrected chi connectivity index (χ3v) is 3.28. The van der Waals surface area contributed by atoms with Gasteiger partial charge in [0, 0.05) is 19.0 Å². The van der Waals surface area contributed by atoms with Crippen molar-refractivity contribution in [2.45, 2.75) is 6.92 Å². The first kappa shape index (κ1) is 9.68. The minimum absolute atomic E-state index is 0.185. The lowest BCUT2D eigenvalue weighted by Crippen LogP contribution is -2.44. The van der Waals surface area contributed by atoms with Crippen LogP contribution in [0.2, 0.25) is 0 Å². The molecule has 1 fully saturated rings. The third-order valence-electron chi connectivity index (χ3n) is 2.25. The summed E-state index contributed by atoms with van der Waals surface area (Å²) in [6.45, 7) is 4.46. The average molecular weight is 211 g/mol. The molecule has 0 aliphatic carbocycles. The molecule has 0 amide bonds. The fourth-order valence-corrected chi connectivity index (χ4v) is 2.06. The van der Waals surface area contributed by atoms with Crippen LogP contribution in [0.15, 0.2) is 11.4 Å². The molecule has 2 rings (SSSR count). The summed E-state index contributed by atoms with van der Waals surface area (Å²) >= 11 is 1.44. The van der Waals surface area contributed by atoms with Crippen molar-refractivity contribution in [3.05, 3.63) is 21.9 Å². The second-order valence-electron chi connectivity index (χ2n) is 3.61. The van der Waals surface area contributed by atoms with Gasteiger partial charge in [0.05, 0.1) is 6.61 Å². The minimum Gasteiger partial charge on any atom is -0.461 e. The van der Waals surface area contributed by atoms with E-state index in [-0.39, 0.29) is 5.97 Å². The number of aryl methyl sites for hydroxylation is 1. The maximum Gasteiger partial charge on any atom is 0.348 e. The monoisotopic (exact) mass is 211 g/mol. The molecule has 0 radical (unpaired) electrons. The molecule has 3 nitrogen and oxygen atoms in total. The predicted octanol–water partition coefficient (Wildman–Crippen LogP) is 1.43. The van der Waals surface area contributed by atoms with Crippen LogP contribution < -0.4 is 5.32 Å². The maximum absolute atomic E-state index is 11.5. The largest absolute Gasteiger partial charge is 0.461 e. The van der Waals surface area contributed by atoms with Crippen LogP contribution >= 0.6 is 11.3 Å². The zero-order chi connectivity index (χ0) is 9.97. The molecule has 0 aromatic carbocycles. The van der Waals surface area contributed by atoms with Crippen LogP contribution in [0.25, 0.3) is 0 Å². The number of thiophene rings is 1. The summed E-state index contributed by atoms with van der Waals surface area (Å²) in [5, 5.41) is 5.10. The molecule has 0 spiro atoms. The lowest BCUT2D eigenvalue weighted by atomic mass is 10.1. The molecule has 2 heterocycles. The molecule has 1 aromatic rings. The highest BCUT2D eigenvalue weighted by molar-refractivity contribution is 7.12. The minimum atomic E-state index is -0.185. The molecule has 0 bridgehead atoms. The van der Waals surface area contributed by atoms with Gasteiger partial charge in [-0.15, -0.1) is 11.3 Å². The Morgan fingerprint density at radius 3 is 3.00 bits per heavy atom. The van der Waals surface area contributed by atoms with Crippen LogP contribution in [-0.4, -0.2) is 25.7 Å². The Hall–Kier alpha value is -0.870. The molecular weight excluding hydrogens is 198 g/mol. The van der Waals surface area contributed by atoms with Gasteiger partial charge in [-0.2, -0.15) is 0 Å². The maximum atomic E-state index is 11.5. The molecule has 0 unspecified atom stereocenters. The summed E-state index contributed by atoms with van der Waals surface area (Å²) in [6, 6.07) is 1.87. The van der Waals surface area contributed by atoms with E-state index in [4.69, 9.17) is 4.74 Å². The zero-order valence-electron chi connectivity index (χ0n) is 8.08. The van der Waals surface area contributed by atoms with E-state index < -0.39 is 0 Å². The SMILES string of the molecule is Cc1csc(C(=O)OCC2CNC2)c1. The van der Waals surface area contributed by atoms with Gasteiger partial charge in [0.25, 0.3) is 0 Å². The Morgan fingerprint density at radius 1 is 1.71 bits per heavy atom. The van der Waals surface area contributed by atoms with Gasteiger partial charge in [-0.25, -0.2) is 4.79 Å². The number of hydrogen-bond acceptors (Lipinski definition) is 4. The van der Waals surface area contributed by atoms with E-state index in [1.54, 1.807) is 0 Å². The van der Waals surface area contributed by atoms with E-state index in [1.807, 2.05) is 18.4 Å². The van der Waals surface area contributed by atoms with Crippen LogP contribution in [0.4, 0.5) is 0 Å². The molecule has 76 valence electrons. The molecule has 14 heavy (non-hydrogen) atoms. The highest BCUT2D eigenvalue weighted by atomic mass is 32.1. The Kier molecular flexibility index (Phi) is 2.84. The van der Waals surface area contributed by atoms with E-state index >= 15 is 0 Å². The summed E-state index contributed by atoms with van der Waals surface area (Å²) in [5.41, 5.74) is 1.12. The summed E-state index contributed by atoms with van der Waals surface area (Å²) in [7, 11) is 0. The van der Waals surface area contributed by atoms with Gasteiger partial charge in [-0.3, -0.25) is 0 Å². The first-order valence-corrected chi connectivity index (χ1v) is 5.56. The number of nitrogens with one attached hydrogen (secondary N) is 1. The fourth-order valence-electron chi connectivity index (χ4n) is 1.27. The summed E-state index contributed by atoms with van der Waals surface area (Å²) < 4.78 is 5.18. The molecule has 1 aliphatic rings. The van der Waals surface area contributed by atoms with Gasteiger partial charge >= 0.3 is 5.97 Å². The number of hydrogen-bond donors (Lipinski definition) is 1. The molecule has 1 saturated heterocycles. The second kappa shape index (κ2) is 4.11. The lowest BCUT2D eigenvalue weighted by Gasteiger charge is -2.26. The van der Waals surface area contributed by atoms with E-state index in [0.29, 0.717) is 17.4 Å². The topological polar surface area (TPSA) is 38.3 Å². The van der Waals surface area contributed by atoms with Crippen molar-refractivity contribution in [2.75, 3.05) is 19.7 Å². The smallest absolute Gasteiger partial charge is 0.348 e. The summed E-state index contributed by atoms with van der Waals surface area (Å²) in [5.74, 6) is 0.329.